The topological polar surface area (TPSA) is 98.7 Å². The molecule has 2 atom stereocenters. The van der Waals surface area contributed by atoms with E-state index in [9.17, 15) is 9.59 Å². The Bertz CT molecular complexity index is 555. The Morgan fingerprint density at radius 1 is 1.52 bits per heavy atom. The van der Waals surface area contributed by atoms with Gasteiger partial charge in [-0.2, -0.15) is 0 Å². The van der Waals surface area contributed by atoms with E-state index in [0.717, 1.165) is 12.8 Å². The summed E-state index contributed by atoms with van der Waals surface area (Å²) in [7, 11) is 0. The van der Waals surface area contributed by atoms with Crippen LogP contribution in [-0.2, 0) is 9.53 Å². The third-order valence-electron chi connectivity index (χ3n) is 4.07. The van der Waals surface area contributed by atoms with Crippen molar-refractivity contribution >= 4 is 11.9 Å². The third-order valence-corrected chi connectivity index (χ3v) is 4.07. The molecule has 1 aromatic rings. The zero-order valence-corrected chi connectivity index (χ0v) is 13.9. The number of oxazole rings is 1. The molecule has 0 aliphatic carbocycles. The van der Waals surface area contributed by atoms with Gasteiger partial charge in [0.25, 0.3) is 5.91 Å². The minimum atomic E-state index is -0.342. The fourth-order valence-corrected chi connectivity index (χ4v) is 2.60. The lowest BCUT2D eigenvalue weighted by Gasteiger charge is -2.30. The molecule has 1 aliphatic rings. The van der Waals surface area contributed by atoms with E-state index in [1.165, 1.54) is 6.26 Å². The molecule has 0 aromatic carbocycles. The summed E-state index contributed by atoms with van der Waals surface area (Å²) in [4.78, 5) is 30.2. The number of likely N-dealkylation sites (tertiary alicyclic amines) is 1. The van der Waals surface area contributed by atoms with Gasteiger partial charge in [-0.3, -0.25) is 9.59 Å². The largest absolute Gasteiger partial charge is 0.466 e. The molecular formula is C16H25N3O4. The average Bonchev–Trinajstić information content (AvgIpc) is 3.03. The highest BCUT2D eigenvalue weighted by atomic mass is 16.5. The number of piperidine rings is 1. The molecule has 0 saturated carbocycles. The summed E-state index contributed by atoms with van der Waals surface area (Å²) in [6, 6.07) is -0.342. The van der Waals surface area contributed by atoms with E-state index >= 15 is 0 Å². The molecule has 1 aliphatic heterocycles. The van der Waals surface area contributed by atoms with Crippen LogP contribution in [0.4, 0.5) is 0 Å². The minimum Gasteiger partial charge on any atom is -0.466 e. The predicted octanol–water partition coefficient (Wildman–Crippen LogP) is 1.75. The molecule has 2 heterocycles. The summed E-state index contributed by atoms with van der Waals surface area (Å²) in [6.45, 7) is 7.01. The van der Waals surface area contributed by atoms with E-state index < -0.39 is 0 Å². The van der Waals surface area contributed by atoms with Gasteiger partial charge in [0.2, 0.25) is 5.89 Å². The summed E-state index contributed by atoms with van der Waals surface area (Å²) in [5.41, 5.74) is 6.22. The van der Waals surface area contributed by atoms with E-state index in [1.807, 2.05) is 13.8 Å². The van der Waals surface area contributed by atoms with Crippen molar-refractivity contribution in [3.05, 3.63) is 17.8 Å². The van der Waals surface area contributed by atoms with Gasteiger partial charge in [0.05, 0.1) is 18.6 Å². The predicted molar refractivity (Wildman–Crippen MR) is 83.5 cm³/mol. The molecule has 2 rings (SSSR count). The molecule has 2 N–H and O–H groups in total. The lowest BCUT2D eigenvalue weighted by molar-refractivity contribution is -0.149. The maximum Gasteiger partial charge on any atom is 0.310 e. The first-order chi connectivity index (χ1) is 10.9. The Hall–Kier alpha value is -1.89. The molecule has 0 radical (unpaired) electrons. The second-order valence-electron chi connectivity index (χ2n) is 6.18. The second-order valence-corrected chi connectivity index (χ2v) is 6.18. The molecule has 0 bridgehead atoms. The second kappa shape index (κ2) is 7.59. The van der Waals surface area contributed by atoms with Gasteiger partial charge in [-0.05, 0) is 25.7 Å². The van der Waals surface area contributed by atoms with Gasteiger partial charge >= 0.3 is 5.97 Å². The monoisotopic (exact) mass is 323 g/mol. The zero-order chi connectivity index (χ0) is 17.0. The number of amides is 1. The average molecular weight is 323 g/mol. The van der Waals surface area contributed by atoms with Crippen molar-refractivity contribution in [1.82, 2.24) is 9.88 Å². The highest BCUT2D eigenvalue weighted by Gasteiger charge is 2.31. The number of aromatic nitrogens is 1. The van der Waals surface area contributed by atoms with Crippen molar-refractivity contribution in [3.63, 3.8) is 0 Å². The Kier molecular flexibility index (Phi) is 5.76. The Morgan fingerprint density at radius 2 is 2.26 bits per heavy atom. The smallest absolute Gasteiger partial charge is 0.310 e. The number of carbonyl (C=O) groups is 2. The summed E-state index contributed by atoms with van der Waals surface area (Å²) in [6.07, 6.45) is 2.85. The number of hydrogen-bond donors (Lipinski definition) is 1. The fraction of sp³-hybridized carbons (Fsp3) is 0.688. The SMILES string of the molecule is CCOC(=O)C1CCCN(C(=O)c2coc(C(N)C(C)C)n2)C1. The highest BCUT2D eigenvalue weighted by Crippen LogP contribution is 2.22. The van der Waals surface area contributed by atoms with Gasteiger partial charge in [0, 0.05) is 13.1 Å². The highest BCUT2D eigenvalue weighted by molar-refractivity contribution is 5.92. The van der Waals surface area contributed by atoms with E-state index in [2.05, 4.69) is 4.98 Å². The van der Waals surface area contributed by atoms with Crippen molar-refractivity contribution in [2.45, 2.75) is 39.7 Å². The maximum absolute atomic E-state index is 12.5. The van der Waals surface area contributed by atoms with Crippen molar-refractivity contribution in [3.8, 4) is 0 Å². The number of ether oxygens (including phenoxy) is 1. The van der Waals surface area contributed by atoms with Gasteiger partial charge in [-0.1, -0.05) is 13.8 Å². The summed E-state index contributed by atoms with van der Waals surface area (Å²) < 4.78 is 10.4. The lowest BCUT2D eigenvalue weighted by atomic mass is 9.98. The maximum atomic E-state index is 12.5. The Labute approximate surface area is 136 Å². The van der Waals surface area contributed by atoms with Crippen LogP contribution >= 0.6 is 0 Å². The molecule has 2 unspecified atom stereocenters. The van der Waals surface area contributed by atoms with Crippen molar-refractivity contribution in [2.75, 3.05) is 19.7 Å². The number of hydrogen-bond acceptors (Lipinski definition) is 6. The molecule has 7 heteroatoms. The van der Waals surface area contributed by atoms with Crippen molar-refractivity contribution < 1.29 is 18.7 Å². The Morgan fingerprint density at radius 3 is 2.91 bits per heavy atom. The Balaban J connectivity index is 2.04. The van der Waals surface area contributed by atoms with Gasteiger partial charge in [0.1, 0.15) is 6.26 Å². The molecule has 7 nitrogen and oxygen atoms in total. The molecule has 23 heavy (non-hydrogen) atoms. The summed E-state index contributed by atoms with van der Waals surface area (Å²) in [5.74, 6) is -0.211. The number of rotatable bonds is 5. The van der Waals surface area contributed by atoms with E-state index in [1.54, 1.807) is 11.8 Å². The number of nitrogens with two attached hydrogens (primary N) is 1. The van der Waals surface area contributed by atoms with Crippen LogP contribution in [0.25, 0.3) is 0 Å². The normalized spacial score (nSPS) is 19.7. The molecule has 0 spiro atoms. The summed E-state index contributed by atoms with van der Waals surface area (Å²) >= 11 is 0. The van der Waals surface area contributed by atoms with Crippen LogP contribution in [-0.4, -0.2) is 41.5 Å². The standard InChI is InChI=1S/C16H25N3O4/c1-4-22-16(21)11-6-5-7-19(8-11)15(20)12-9-23-14(18-12)13(17)10(2)3/h9-11,13H,4-8,17H2,1-3H3. The van der Waals surface area contributed by atoms with Crippen LogP contribution in [0.5, 0.6) is 0 Å². The van der Waals surface area contributed by atoms with Gasteiger partial charge in [0.15, 0.2) is 5.69 Å². The lowest BCUT2D eigenvalue weighted by Crippen LogP contribution is -2.43. The van der Waals surface area contributed by atoms with Gasteiger partial charge in [-0.25, -0.2) is 4.98 Å². The number of esters is 1. The number of carbonyl (C=O) groups excluding carboxylic acids is 2. The van der Waals surface area contributed by atoms with Crippen LogP contribution < -0.4 is 5.73 Å². The summed E-state index contributed by atoms with van der Waals surface area (Å²) in [5, 5.41) is 0. The fourth-order valence-electron chi connectivity index (χ4n) is 2.60. The quantitative estimate of drug-likeness (QED) is 0.829. The van der Waals surface area contributed by atoms with Crippen LogP contribution in [0.15, 0.2) is 10.7 Å². The molecular weight excluding hydrogens is 298 g/mol. The van der Waals surface area contributed by atoms with Crippen LogP contribution in [0, 0.1) is 11.8 Å². The molecule has 1 saturated heterocycles. The van der Waals surface area contributed by atoms with E-state index in [-0.39, 0.29) is 35.4 Å². The number of nitrogens with zero attached hydrogens (tertiary/aromatic N) is 2. The molecule has 1 aromatic heterocycles. The molecule has 1 fully saturated rings. The van der Waals surface area contributed by atoms with Crippen LogP contribution in [0.3, 0.4) is 0 Å². The zero-order valence-electron chi connectivity index (χ0n) is 13.9. The van der Waals surface area contributed by atoms with E-state index in [4.69, 9.17) is 14.9 Å². The van der Waals surface area contributed by atoms with Crippen molar-refractivity contribution in [2.24, 2.45) is 17.6 Å². The first-order valence-electron chi connectivity index (χ1n) is 8.11. The third kappa shape index (κ3) is 4.10. The minimum absolute atomic E-state index is 0.166. The van der Waals surface area contributed by atoms with Gasteiger partial charge < -0.3 is 19.8 Å². The van der Waals surface area contributed by atoms with Crippen molar-refractivity contribution in [1.29, 1.82) is 0 Å². The molecule has 1 amide bonds. The molecule has 128 valence electrons. The van der Waals surface area contributed by atoms with Crippen LogP contribution in [0.2, 0.25) is 0 Å². The van der Waals surface area contributed by atoms with Gasteiger partial charge in [-0.15, -0.1) is 0 Å². The first kappa shape index (κ1) is 17.5. The first-order valence-corrected chi connectivity index (χ1v) is 8.11. The van der Waals surface area contributed by atoms with E-state index in [0.29, 0.717) is 25.6 Å². The van der Waals surface area contributed by atoms with Crippen LogP contribution in [0.1, 0.15) is 56.0 Å².